The second-order valence-electron chi connectivity index (χ2n) is 4.82. The van der Waals surface area contributed by atoms with Gasteiger partial charge in [-0.1, -0.05) is 30.3 Å². The van der Waals surface area contributed by atoms with Gasteiger partial charge in [0.05, 0.1) is 11.6 Å². The van der Waals surface area contributed by atoms with E-state index in [1.807, 2.05) is 37.3 Å². The Morgan fingerprint density at radius 1 is 1.09 bits per heavy atom. The van der Waals surface area contributed by atoms with Crippen molar-refractivity contribution in [1.82, 2.24) is 5.32 Å². The van der Waals surface area contributed by atoms with Crippen molar-refractivity contribution in [3.8, 4) is 5.75 Å². The lowest BCUT2D eigenvalue weighted by atomic mass is 10.1. The zero-order valence-corrected chi connectivity index (χ0v) is 12.2. The number of rotatable bonds is 5. The lowest BCUT2D eigenvalue weighted by Crippen LogP contribution is -2.31. The summed E-state index contributed by atoms with van der Waals surface area (Å²) >= 11 is 0. The molecule has 2 rings (SSSR count). The molecule has 0 aliphatic rings. The van der Waals surface area contributed by atoms with Crippen LogP contribution < -0.4 is 5.32 Å². The third-order valence-corrected chi connectivity index (χ3v) is 3.11. The van der Waals surface area contributed by atoms with Gasteiger partial charge in [-0.05, 0) is 36.8 Å². The third kappa shape index (κ3) is 4.34. The number of hydrogen-bond donors (Lipinski definition) is 2. The van der Waals surface area contributed by atoms with Crippen molar-refractivity contribution < 1.29 is 19.4 Å². The highest BCUT2D eigenvalue weighted by Gasteiger charge is 2.12. The maximum Gasteiger partial charge on any atom is 0.338 e. The minimum absolute atomic E-state index is 0.0611. The molecule has 0 saturated heterocycles. The molecule has 0 radical (unpaired) electrons. The Balaban J connectivity index is 1.82. The van der Waals surface area contributed by atoms with Crippen molar-refractivity contribution in [2.45, 2.75) is 13.0 Å². The van der Waals surface area contributed by atoms with Crippen LogP contribution in [0.2, 0.25) is 0 Å². The highest BCUT2D eigenvalue weighted by atomic mass is 16.5. The van der Waals surface area contributed by atoms with Crippen molar-refractivity contribution in [2.75, 3.05) is 6.61 Å². The fraction of sp³-hybridized carbons (Fsp3) is 0.176. The molecule has 1 unspecified atom stereocenters. The molecule has 0 bridgehead atoms. The number of hydrogen-bond acceptors (Lipinski definition) is 4. The molecule has 2 N–H and O–H groups in total. The van der Waals surface area contributed by atoms with Gasteiger partial charge in [0.15, 0.2) is 6.61 Å². The van der Waals surface area contributed by atoms with Gasteiger partial charge in [0.25, 0.3) is 5.91 Å². The first-order chi connectivity index (χ1) is 10.6. The monoisotopic (exact) mass is 299 g/mol. The van der Waals surface area contributed by atoms with Crippen LogP contribution in [0.4, 0.5) is 0 Å². The summed E-state index contributed by atoms with van der Waals surface area (Å²) in [5.41, 5.74) is 1.25. The molecule has 0 spiro atoms. The zero-order valence-electron chi connectivity index (χ0n) is 12.2. The van der Waals surface area contributed by atoms with Crippen LogP contribution >= 0.6 is 0 Å². The molecule has 0 aliphatic heterocycles. The van der Waals surface area contributed by atoms with E-state index in [0.717, 1.165) is 5.56 Å². The van der Waals surface area contributed by atoms with Crippen molar-refractivity contribution in [3.63, 3.8) is 0 Å². The van der Waals surface area contributed by atoms with E-state index in [2.05, 4.69) is 5.32 Å². The Bertz CT molecular complexity index is 637. The van der Waals surface area contributed by atoms with Crippen molar-refractivity contribution in [3.05, 3.63) is 65.7 Å². The SMILES string of the molecule is CC(NC(=O)COC(=O)c1ccc(O)cc1)c1ccccc1. The smallest absolute Gasteiger partial charge is 0.338 e. The Labute approximate surface area is 128 Å². The number of carbonyl (C=O) groups is 2. The largest absolute Gasteiger partial charge is 0.508 e. The number of ether oxygens (including phenoxy) is 1. The van der Waals surface area contributed by atoms with E-state index in [9.17, 15) is 9.59 Å². The molecule has 1 atom stereocenters. The van der Waals surface area contributed by atoms with Crippen LogP contribution in [0.15, 0.2) is 54.6 Å². The second-order valence-corrected chi connectivity index (χ2v) is 4.82. The van der Waals surface area contributed by atoms with Crippen LogP contribution in [-0.4, -0.2) is 23.6 Å². The van der Waals surface area contributed by atoms with E-state index in [-0.39, 0.29) is 29.9 Å². The summed E-state index contributed by atoms with van der Waals surface area (Å²) in [6.45, 7) is 1.51. The molecule has 0 saturated carbocycles. The summed E-state index contributed by atoms with van der Waals surface area (Å²) in [4.78, 5) is 23.5. The van der Waals surface area contributed by atoms with E-state index in [1.165, 1.54) is 24.3 Å². The molecular formula is C17H17NO4. The molecule has 5 heteroatoms. The highest BCUT2D eigenvalue weighted by Crippen LogP contribution is 2.12. The molecule has 22 heavy (non-hydrogen) atoms. The van der Waals surface area contributed by atoms with E-state index in [0.29, 0.717) is 0 Å². The molecule has 2 aromatic carbocycles. The van der Waals surface area contributed by atoms with Crippen LogP contribution in [0, 0.1) is 0 Å². The van der Waals surface area contributed by atoms with Gasteiger partial charge < -0.3 is 15.2 Å². The Kier molecular flexibility index (Phi) is 5.14. The van der Waals surface area contributed by atoms with Crippen LogP contribution in [0.25, 0.3) is 0 Å². The number of amides is 1. The lowest BCUT2D eigenvalue weighted by molar-refractivity contribution is -0.124. The first-order valence-electron chi connectivity index (χ1n) is 6.86. The van der Waals surface area contributed by atoms with E-state index >= 15 is 0 Å². The first kappa shape index (κ1) is 15.6. The standard InChI is InChI=1S/C17H17NO4/c1-12(13-5-3-2-4-6-13)18-16(20)11-22-17(21)14-7-9-15(19)10-8-14/h2-10,12,19H,11H2,1H3,(H,18,20). The molecule has 0 heterocycles. The summed E-state index contributed by atoms with van der Waals surface area (Å²) in [5.74, 6) is -0.919. The zero-order chi connectivity index (χ0) is 15.9. The molecule has 0 aromatic heterocycles. The molecule has 2 aromatic rings. The fourth-order valence-electron chi connectivity index (χ4n) is 1.92. The van der Waals surface area contributed by atoms with Crippen LogP contribution in [0.5, 0.6) is 5.75 Å². The average Bonchev–Trinajstić information content (AvgIpc) is 2.54. The van der Waals surface area contributed by atoms with Gasteiger partial charge in [0, 0.05) is 0 Å². The van der Waals surface area contributed by atoms with Gasteiger partial charge in [-0.25, -0.2) is 4.79 Å². The molecule has 114 valence electrons. The van der Waals surface area contributed by atoms with Gasteiger partial charge in [-0.3, -0.25) is 4.79 Å². The molecule has 1 amide bonds. The summed E-state index contributed by atoms with van der Waals surface area (Å²) in [6, 6.07) is 15.0. The van der Waals surface area contributed by atoms with Gasteiger partial charge in [0.2, 0.25) is 0 Å². The predicted molar refractivity (Wildman–Crippen MR) is 81.4 cm³/mol. The Morgan fingerprint density at radius 3 is 2.36 bits per heavy atom. The fourth-order valence-corrected chi connectivity index (χ4v) is 1.92. The van der Waals surface area contributed by atoms with Crippen molar-refractivity contribution in [1.29, 1.82) is 0 Å². The molecule has 0 aliphatic carbocycles. The number of aromatic hydroxyl groups is 1. The molecule has 0 fully saturated rings. The van der Waals surface area contributed by atoms with E-state index < -0.39 is 5.97 Å². The maximum absolute atomic E-state index is 11.8. The number of phenolic OH excluding ortho intramolecular Hbond substituents is 1. The van der Waals surface area contributed by atoms with Crippen molar-refractivity contribution in [2.24, 2.45) is 0 Å². The summed E-state index contributed by atoms with van der Waals surface area (Å²) in [5, 5.41) is 11.9. The number of carbonyl (C=O) groups excluding carboxylic acids is 2. The Morgan fingerprint density at radius 2 is 1.73 bits per heavy atom. The van der Waals surface area contributed by atoms with Crippen LogP contribution in [0.3, 0.4) is 0 Å². The van der Waals surface area contributed by atoms with E-state index in [1.54, 1.807) is 0 Å². The normalized spacial score (nSPS) is 11.5. The predicted octanol–water partition coefficient (Wildman–Crippen LogP) is 2.43. The van der Waals surface area contributed by atoms with Gasteiger partial charge in [-0.15, -0.1) is 0 Å². The number of nitrogens with one attached hydrogen (secondary N) is 1. The topological polar surface area (TPSA) is 75.6 Å². The van der Waals surface area contributed by atoms with E-state index in [4.69, 9.17) is 9.84 Å². The minimum Gasteiger partial charge on any atom is -0.508 e. The number of benzene rings is 2. The Hall–Kier alpha value is -2.82. The van der Waals surface area contributed by atoms with Gasteiger partial charge in [-0.2, -0.15) is 0 Å². The summed E-state index contributed by atoms with van der Waals surface area (Å²) in [6.07, 6.45) is 0. The molecular weight excluding hydrogens is 282 g/mol. The minimum atomic E-state index is -0.609. The third-order valence-electron chi connectivity index (χ3n) is 3.11. The summed E-state index contributed by atoms with van der Waals surface area (Å²) < 4.78 is 4.93. The first-order valence-corrected chi connectivity index (χ1v) is 6.86. The van der Waals surface area contributed by atoms with Gasteiger partial charge in [0.1, 0.15) is 5.75 Å². The summed E-state index contributed by atoms with van der Waals surface area (Å²) in [7, 11) is 0. The quantitative estimate of drug-likeness (QED) is 0.831. The highest BCUT2D eigenvalue weighted by molar-refractivity contribution is 5.91. The average molecular weight is 299 g/mol. The van der Waals surface area contributed by atoms with Crippen molar-refractivity contribution >= 4 is 11.9 Å². The number of esters is 1. The van der Waals surface area contributed by atoms with Crippen LogP contribution in [-0.2, 0) is 9.53 Å². The maximum atomic E-state index is 11.8. The van der Waals surface area contributed by atoms with Gasteiger partial charge >= 0.3 is 5.97 Å². The lowest BCUT2D eigenvalue weighted by Gasteiger charge is -2.14. The number of phenols is 1. The van der Waals surface area contributed by atoms with Crippen LogP contribution in [0.1, 0.15) is 28.9 Å². The molecule has 5 nitrogen and oxygen atoms in total. The second kappa shape index (κ2) is 7.26.